The second kappa shape index (κ2) is 10.5. The normalized spacial score (nSPS) is 18.0. The van der Waals surface area contributed by atoms with Crippen LogP contribution < -0.4 is 9.47 Å². The predicted molar refractivity (Wildman–Crippen MR) is 125 cm³/mol. The summed E-state index contributed by atoms with van der Waals surface area (Å²) in [5.74, 6) is 1.29. The number of methoxy groups -OCH3 is 2. The number of carbonyl (C=O) groups excluding carboxylic acids is 2. The molecule has 2 atom stereocenters. The van der Waals surface area contributed by atoms with Gasteiger partial charge in [-0.25, -0.2) is 0 Å². The summed E-state index contributed by atoms with van der Waals surface area (Å²) in [6.07, 6.45) is 0.475. The number of rotatable bonds is 8. The number of likely N-dealkylation sites (tertiary alicyclic amines) is 1. The fourth-order valence-electron chi connectivity index (χ4n) is 4.40. The number of amides is 2. The Bertz CT molecular complexity index is 929. The van der Waals surface area contributed by atoms with Crippen LogP contribution in [-0.2, 0) is 16.1 Å². The van der Waals surface area contributed by atoms with Crippen molar-refractivity contribution in [3.05, 3.63) is 59.7 Å². The highest BCUT2D eigenvalue weighted by Crippen LogP contribution is 2.40. The third-order valence-corrected chi connectivity index (χ3v) is 6.05. The molecule has 0 aliphatic carbocycles. The Kier molecular flexibility index (Phi) is 7.78. The van der Waals surface area contributed by atoms with Crippen LogP contribution in [0, 0.1) is 11.8 Å². The van der Waals surface area contributed by atoms with Crippen molar-refractivity contribution in [1.29, 1.82) is 0 Å². The molecule has 0 radical (unpaired) electrons. The van der Waals surface area contributed by atoms with Gasteiger partial charge in [0.05, 0.1) is 20.1 Å². The summed E-state index contributed by atoms with van der Waals surface area (Å²) in [5, 5.41) is 0. The smallest absolute Gasteiger partial charge is 0.228 e. The summed E-state index contributed by atoms with van der Waals surface area (Å²) in [5.41, 5.74) is 1.97. The summed E-state index contributed by atoms with van der Waals surface area (Å²) < 4.78 is 11.0. The van der Waals surface area contributed by atoms with Crippen LogP contribution >= 0.6 is 0 Å². The Morgan fingerprint density at radius 2 is 1.78 bits per heavy atom. The number of carbonyl (C=O) groups is 2. The van der Waals surface area contributed by atoms with E-state index in [1.54, 1.807) is 19.1 Å². The van der Waals surface area contributed by atoms with E-state index in [0.29, 0.717) is 37.6 Å². The van der Waals surface area contributed by atoms with Gasteiger partial charge in [-0.05, 0) is 29.7 Å². The minimum atomic E-state index is -0.346. The van der Waals surface area contributed by atoms with Crippen LogP contribution in [0.15, 0.2) is 48.5 Å². The molecule has 1 heterocycles. The maximum absolute atomic E-state index is 13.6. The number of hydrogen-bond donors (Lipinski definition) is 0. The second-order valence-corrected chi connectivity index (χ2v) is 8.90. The first-order chi connectivity index (χ1) is 15.3. The van der Waals surface area contributed by atoms with Gasteiger partial charge in [-0.1, -0.05) is 44.2 Å². The van der Waals surface area contributed by atoms with Gasteiger partial charge in [0.1, 0.15) is 11.5 Å². The summed E-state index contributed by atoms with van der Waals surface area (Å²) in [6.45, 7) is 5.50. The van der Waals surface area contributed by atoms with E-state index >= 15 is 0 Å². The van der Waals surface area contributed by atoms with Crippen molar-refractivity contribution in [2.75, 3.05) is 34.4 Å². The molecule has 0 unspecified atom stereocenters. The quantitative estimate of drug-likeness (QED) is 0.626. The minimum absolute atomic E-state index is 0.0311. The Morgan fingerprint density at radius 1 is 1.06 bits per heavy atom. The predicted octanol–water partition coefficient (Wildman–Crippen LogP) is 3.95. The maximum Gasteiger partial charge on any atom is 0.228 e. The molecule has 32 heavy (non-hydrogen) atoms. The second-order valence-electron chi connectivity index (χ2n) is 8.90. The minimum Gasteiger partial charge on any atom is -0.497 e. The van der Waals surface area contributed by atoms with Crippen LogP contribution in [0.1, 0.15) is 37.3 Å². The van der Waals surface area contributed by atoms with E-state index in [-0.39, 0.29) is 29.6 Å². The average molecular weight is 439 g/mol. The SMILES string of the molecule is COc1ccc(OC)c([C@@H]2CN(C(=O)CC(C)C)C[C@H]2C(=O)N(C)Cc2ccccc2)c1. The number of hydrogen-bond acceptors (Lipinski definition) is 4. The Hall–Kier alpha value is -3.02. The van der Waals surface area contributed by atoms with Crippen LogP contribution in [-0.4, -0.2) is 56.0 Å². The van der Waals surface area contributed by atoms with Crippen molar-refractivity contribution in [3.8, 4) is 11.5 Å². The molecule has 1 saturated heterocycles. The summed E-state index contributed by atoms with van der Waals surface area (Å²) in [6, 6.07) is 15.6. The van der Waals surface area contributed by atoms with Gasteiger partial charge in [0.2, 0.25) is 11.8 Å². The van der Waals surface area contributed by atoms with E-state index in [9.17, 15) is 9.59 Å². The van der Waals surface area contributed by atoms with E-state index in [0.717, 1.165) is 11.1 Å². The number of ether oxygens (including phenoxy) is 2. The van der Waals surface area contributed by atoms with E-state index in [4.69, 9.17) is 9.47 Å². The average Bonchev–Trinajstić information content (AvgIpc) is 3.23. The summed E-state index contributed by atoms with van der Waals surface area (Å²) >= 11 is 0. The molecule has 2 aromatic rings. The van der Waals surface area contributed by atoms with Gasteiger partial charge in [0.25, 0.3) is 0 Å². The Labute approximate surface area is 191 Å². The van der Waals surface area contributed by atoms with Crippen LogP contribution in [0.25, 0.3) is 0 Å². The van der Waals surface area contributed by atoms with Crippen molar-refractivity contribution in [3.63, 3.8) is 0 Å². The third kappa shape index (κ3) is 5.42. The van der Waals surface area contributed by atoms with Gasteiger partial charge in [-0.15, -0.1) is 0 Å². The zero-order valence-corrected chi connectivity index (χ0v) is 19.7. The Balaban J connectivity index is 1.91. The topological polar surface area (TPSA) is 59.1 Å². The van der Waals surface area contributed by atoms with Crippen molar-refractivity contribution >= 4 is 11.8 Å². The first kappa shape index (κ1) is 23.6. The lowest BCUT2D eigenvalue weighted by Crippen LogP contribution is -2.36. The zero-order chi connectivity index (χ0) is 23.3. The van der Waals surface area contributed by atoms with Crippen LogP contribution in [0.3, 0.4) is 0 Å². The first-order valence-corrected chi connectivity index (χ1v) is 11.1. The summed E-state index contributed by atoms with van der Waals surface area (Å²) in [7, 11) is 5.07. The molecule has 6 heteroatoms. The highest BCUT2D eigenvalue weighted by molar-refractivity contribution is 5.83. The lowest BCUT2D eigenvalue weighted by Gasteiger charge is -2.25. The fourth-order valence-corrected chi connectivity index (χ4v) is 4.40. The van der Waals surface area contributed by atoms with Gasteiger partial charge in [-0.2, -0.15) is 0 Å². The van der Waals surface area contributed by atoms with E-state index in [1.807, 2.05) is 74.3 Å². The van der Waals surface area contributed by atoms with Crippen molar-refractivity contribution < 1.29 is 19.1 Å². The molecule has 3 rings (SSSR count). The molecule has 6 nitrogen and oxygen atoms in total. The fraction of sp³-hybridized carbons (Fsp3) is 0.462. The molecule has 2 amide bonds. The molecular formula is C26H34N2O4. The van der Waals surface area contributed by atoms with Crippen molar-refractivity contribution in [1.82, 2.24) is 9.80 Å². The van der Waals surface area contributed by atoms with Gasteiger partial charge in [0, 0.05) is 44.6 Å². The van der Waals surface area contributed by atoms with Gasteiger partial charge in [-0.3, -0.25) is 9.59 Å². The molecule has 2 aromatic carbocycles. The molecule has 1 aliphatic rings. The molecule has 0 bridgehead atoms. The maximum atomic E-state index is 13.6. The van der Waals surface area contributed by atoms with Crippen molar-refractivity contribution in [2.24, 2.45) is 11.8 Å². The van der Waals surface area contributed by atoms with Gasteiger partial charge < -0.3 is 19.3 Å². The highest BCUT2D eigenvalue weighted by Gasteiger charge is 2.42. The molecule has 0 saturated carbocycles. The van der Waals surface area contributed by atoms with Crippen molar-refractivity contribution in [2.45, 2.75) is 32.7 Å². The van der Waals surface area contributed by atoms with Gasteiger partial charge in [0.15, 0.2) is 0 Å². The summed E-state index contributed by atoms with van der Waals surface area (Å²) in [4.78, 5) is 30.1. The van der Waals surface area contributed by atoms with Crippen LogP contribution in [0.2, 0.25) is 0 Å². The molecule has 0 N–H and O–H groups in total. The molecule has 0 aromatic heterocycles. The lowest BCUT2D eigenvalue weighted by molar-refractivity contribution is -0.135. The third-order valence-electron chi connectivity index (χ3n) is 6.05. The Morgan fingerprint density at radius 3 is 2.41 bits per heavy atom. The molecule has 172 valence electrons. The van der Waals surface area contributed by atoms with Crippen LogP contribution in [0.5, 0.6) is 11.5 Å². The molecule has 1 fully saturated rings. The molecular weight excluding hydrogens is 404 g/mol. The molecule has 1 aliphatic heterocycles. The largest absolute Gasteiger partial charge is 0.497 e. The van der Waals surface area contributed by atoms with Crippen LogP contribution in [0.4, 0.5) is 0 Å². The number of nitrogens with zero attached hydrogens (tertiary/aromatic N) is 2. The van der Waals surface area contributed by atoms with E-state index in [2.05, 4.69) is 0 Å². The standard InChI is InChI=1S/C26H34N2O4/c1-18(2)13-25(29)28-16-22(21-14-20(31-4)11-12-24(21)32-5)23(17-28)26(30)27(3)15-19-9-7-6-8-10-19/h6-12,14,18,22-23H,13,15-17H2,1-5H3/t22-,23+/m0/s1. The van der Waals surface area contributed by atoms with E-state index < -0.39 is 0 Å². The number of benzene rings is 2. The highest BCUT2D eigenvalue weighted by atomic mass is 16.5. The monoisotopic (exact) mass is 438 g/mol. The van der Waals surface area contributed by atoms with Gasteiger partial charge >= 0.3 is 0 Å². The van der Waals surface area contributed by atoms with E-state index in [1.165, 1.54) is 0 Å². The lowest BCUT2D eigenvalue weighted by atomic mass is 9.87. The first-order valence-electron chi connectivity index (χ1n) is 11.1. The zero-order valence-electron chi connectivity index (χ0n) is 19.7. The molecule has 0 spiro atoms.